The summed E-state index contributed by atoms with van der Waals surface area (Å²) in [6.45, 7) is 9.21. The molecule has 1 amide bonds. The summed E-state index contributed by atoms with van der Waals surface area (Å²) >= 11 is 0. The zero-order chi connectivity index (χ0) is 29.0. The smallest absolute Gasteiger partial charge is 0.325 e. The standard InChI is InChI=1S/C31H32N6O3/c1-6-19(3)29(33)31(39)40-20(4)37-18-27(22-10-8-9-21(11-22)14-32)26-13-24(16-35-30(26)37)23-12-25(17-34-15-23)36(5)28(38)7-2/h7-13,15-20,29H,2,6,33H2,1,3-5H3/t19-,20?,29-/m0/s1. The molecule has 9 nitrogen and oxygen atoms in total. The highest BCUT2D eigenvalue weighted by atomic mass is 16.6. The van der Waals surface area contributed by atoms with Crippen LogP contribution in [0.3, 0.4) is 0 Å². The lowest BCUT2D eigenvalue weighted by molar-refractivity contribution is -0.155. The molecule has 3 heterocycles. The summed E-state index contributed by atoms with van der Waals surface area (Å²) in [5, 5.41) is 10.3. The lowest BCUT2D eigenvalue weighted by Crippen LogP contribution is -2.38. The number of rotatable bonds is 9. The van der Waals surface area contributed by atoms with E-state index in [0.29, 0.717) is 16.9 Å². The van der Waals surface area contributed by atoms with Gasteiger partial charge >= 0.3 is 5.97 Å². The number of ether oxygens (including phenoxy) is 1. The Bertz CT molecular complexity index is 1620. The lowest BCUT2D eigenvalue weighted by atomic mass is 10.0. The highest BCUT2D eigenvalue weighted by molar-refractivity contribution is 6.01. The van der Waals surface area contributed by atoms with E-state index < -0.39 is 18.2 Å². The second kappa shape index (κ2) is 11.9. The first kappa shape index (κ1) is 28.2. The summed E-state index contributed by atoms with van der Waals surface area (Å²) in [7, 11) is 1.66. The van der Waals surface area contributed by atoms with Crippen LogP contribution in [0.15, 0.2) is 73.8 Å². The van der Waals surface area contributed by atoms with Gasteiger partial charge in [0, 0.05) is 47.7 Å². The summed E-state index contributed by atoms with van der Waals surface area (Å²) in [4.78, 5) is 35.4. The first-order valence-corrected chi connectivity index (χ1v) is 13.0. The van der Waals surface area contributed by atoms with Crippen molar-refractivity contribution in [1.29, 1.82) is 5.26 Å². The molecule has 40 heavy (non-hydrogen) atoms. The number of hydrogen-bond donors (Lipinski definition) is 1. The molecule has 4 aromatic rings. The number of hydrogen-bond acceptors (Lipinski definition) is 7. The quantitative estimate of drug-likeness (QED) is 0.229. The minimum Gasteiger partial charge on any atom is -0.440 e. The zero-order valence-corrected chi connectivity index (χ0v) is 23.0. The van der Waals surface area contributed by atoms with Crippen molar-refractivity contribution in [2.45, 2.75) is 39.5 Å². The van der Waals surface area contributed by atoms with Gasteiger partial charge in [-0.15, -0.1) is 0 Å². The van der Waals surface area contributed by atoms with Crippen molar-refractivity contribution in [1.82, 2.24) is 14.5 Å². The fourth-order valence-electron chi connectivity index (χ4n) is 4.38. The highest BCUT2D eigenvalue weighted by Crippen LogP contribution is 2.35. The van der Waals surface area contributed by atoms with E-state index in [0.717, 1.165) is 34.1 Å². The monoisotopic (exact) mass is 536 g/mol. The summed E-state index contributed by atoms with van der Waals surface area (Å²) in [6, 6.07) is 12.6. The number of nitrogens with two attached hydrogens (primary N) is 1. The number of pyridine rings is 2. The van der Waals surface area contributed by atoms with Crippen LogP contribution in [0.5, 0.6) is 0 Å². The average Bonchev–Trinajstić information content (AvgIpc) is 3.38. The van der Waals surface area contributed by atoms with Crippen LogP contribution in [0.2, 0.25) is 0 Å². The first-order valence-electron chi connectivity index (χ1n) is 13.0. The Labute approximate surface area is 233 Å². The second-order valence-corrected chi connectivity index (χ2v) is 9.72. The van der Waals surface area contributed by atoms with Crippen LogP contribution in [0, 0.1) is 17.2 Å². The maximum Gasteiger partial charge on any atom is 0.325 e. The molecule has 1 aromatic carbocycles. The van der Waals surface area contributed by atoms with Crippen molar-refractivity contribution >= 4 is 28.6 Å². The van der Waals surface area contributed by atoms with Gasteiger partial charge in [-0.2, -0.15) is 5.26 Å². The van der Waals surface area contributed by atoms with Crippen molar-refractivity contribution < 1.29 is 14.3 Å². The third-order valence-corrected chi connectivity index (χ3v) is 7.13. The van der Waals surface area contributed by atoms with E-state index in [9.17, 15) is 14.9 Å². The number of fused-ring (bicyclic) bond motifs is 1. The Balaban J connectivity index is 1.82. The Morgan fingerprint density at radius 3 is 2.62 bits per heavy atom. The number of benzene rings is 1. The van der Waals surface area contributed by atoms with E-state index in [1.807, 2.05) is 44.3 Å². The van der Waals surface area contributed by atoms with Crippen LogP contribution in [0.1, 0.15) is 39.0 Å². The van der Waals surface area contributed by atoms with E-state index in [1.165, 1.54) is 11.0 Å². The molecule has 0 bridgehead atoms. The number of nitrogens with zero attached hydrogens (tertiary/aromatic N) is 5. The summed E-state index contributed by atoms with van der Waals surface area (Å²) < 4.78 is 7.56. The van der Waals surface area contributed by atoms with Crippen LogP contribution in [0.4, 0.5) is 5.69 Å². The van der Waals surface area contributed by atoms with Gasteiger partial charge in [0.15, 0.2) is 6.23 Å². The van der Waals surface area contributed by atoms with Crippen molar-refractivity contribution in [2.75, 3.05) is 11.9 Å². The van der Waals surface area contributed by atoms with Gasteiger partial charge in [0.1, 0.15) is 11.7 Å². The van der Waals surface area contributed by atoms with Crippen molar-refractivity contribution in [3.8, 4) is 28.3 Å². The number of amides is 1. The Kier molecular flexibility index (Phi) is 8.41. The van der Waals surface area contributed by atoms with Crippen LogP contribution < -0.4 is 10.6 Å². The Morgan fingerprint density at radius 2 is 1.93 bits per heavy atom. The van der Waals surface area contributed by atoms with Crippen LogP contribution in [-0.4, -0.2) is 39.5 Å². The zero-order valence-electron chi connectivity index (χ0n) is 23.0. The molecule has 0 fully saturated rings. The third-order valence-electron chi connectivity index (χ3n) is 7.13. The number of aromatic nitrogens is 3. The van der Waals surface area contributed by atoms with Gasteiger partial charge in [0.2, 0.25) is 5.91 Å². The predicted octanol–water partition coefficient (Wildman–Crippen LogP) is 5.22. The minimum atomic E-state index is -0.730. The largest absolute Gasteiger partial charge is 0.440 e. The molecule has 3 aromatic heterocycles. The molecule has 4 rings (SSSR count). The topological polar surface area (TPSA) is 127 Å². The molecule has 0 radical (unpaired) electrons. The molecular formula is C31H32N6O3. The molecule has 1 unspecified atom stereocenters. The fraction of sp³-hybridized carbons (Fsp3) is 0.258. The van der Waals surface area contributed by atoms with Crippen molar-refractivity contribution in [2.24, 2.45) is 11.7 Å². The fourth-order valence-corrected chi connectivity index (χ4v) is 4.38. The normalized spacial score (nSPS) is 13.2. The lowest BCUT2D eigenvalue weighted by Gasteiger charge is -2.21. The van der Waals surface area contributed by atoms with Gasteiger partial charge in [-0.05, 0) is 48.7 Å². The number of anilines is 1. The first-order chi connectivity index (χ1) is 19.2. The summed E-state index contributed by atoms with van der Waals surface area (Å²) in [5.74, 6) is -0.744. The molecule has 0 aliphatic heterocycles. The van der Waals surface area contributed by atoms with Crippen molar-refractivity contribution in [3.63, 3.8) is 0 Å². The Morgan fingerprint density at radius 1 is 1.18 bits per heavy atom. The molecule has 204 valence electrons. The summed E-state index contributed by atoms with van der Waals surface area (Å²) in [6.07, 6.45) is 8.21. The summed E-state index contributed by atoms with van der Waals surface area (Å²) in [5.41, 5.74) is 11.0. The van der Waals surface area contributed by atoms with Gasteiger partial charge < -0.3 is 15.4 Å². The Hall–Kier alpha value is -4.81. The molecule has 9 heteroatoms. The number of carbonyl (C=O) groups excluding carboxylic acids is 2. The number of esters is 1. The van der Waals surface area contributed by atoms with Crippen molar-refractivity contribution in [3.05, 3.63) is 79.4 Å². The van der Waals surface area contributed by atoms with Gasteiger partial charge in [0.25, 0.3) is 0 Å². The molecular weight excluding hydrogens is 504 g/mol. The maximum absolute atomic E-state index is 12.8. The molecule has 3 atom stereocenters. The number of nitriles is 1. The number of likely N-dealkylation sites (N-methyl/N-ethyl adjacent to an activating group) is 1. The predicted molar refractivity (Wildman–Crippen MR) is 155 cm³/mol. The molecule has 0 spiro atoms. The highest BCUT2D eigenvalue weighted by Gasteiger charge is 2.25. The minimum absolute atomic E-state index is 0.0173. The maximum atomic E-state index is 12.8. The molecule has 0 aliphatic rings. The average molecular weight is 537 g/mol. The van der Waals surface area contributed by atoms with Gasteiger partial charge in [-0.25, -0.2) is 4.98 Å². The van der Waals surface area contributed by atoms with Crippen LogP contribution >= 0.6 is 0 Å². The van der Waals surface area contributed by atoms with Gasteiger partial charge in [0.05, 0.1) is 23.5 Å². The number of carbonyl (C=O) groups is 2. The van der Waals surface area contributed by atoms with E-state index in [4.69, 9.17) is 15.5 Å². The van der Waals surface area contributed by atoms with Crippen LogP contribution in [-0.2, 0) is 14.3 Å². The van der Waals surface area contributed by atoms with E-state index >= 15 is 0 Å². The van der Waals surface area contributed by atoms with Crippen LogP contribution in [0.25, 0.3) is 33.3 Å². The SMILES string of the molecule is C=CC(=O)N(C)c1cncc(-c2cnc3c(c2)c(-c2cccc(C#N)c2)cn3C(C)OC(=O)[C@@H](N)[C@@H](C)CC)c1. The molecule has 0 aliphatic carbocycles. The van der Waals surface area contributed by atoms with E-state index in [-0.39, 0.29) is 11.8 Å². The second-order valence-electron chi connectivity index (χ2n) is 9.72. The molecule has 2 N–H and O–H groups in total. The van der Waals surface area contributed by atoms with Gasteiger partial charge in [-0.1, -0.05) is 39.0 Å². The molecule has 0 saturated carbocycles. The molecule has 0 saturated heterocycles. The van der Waals surface area contributed by atoms with E-state index in [1.54, 1.807) is 49.3 Å². The van der Waals surface area contributed by atoms with E-state index in [2.05, 4.69) is 17.6 Å². The van der Waals surface area contributed by atoms with Gasteiger partial charge in [-0.3, -0.25) is 19.1 Å². The third kappa shape index (κ3) is 5.63.